The number of benzene rings is 1. The van der Waals surface area contributed by atoms with Crippen molar-refractivity contribution in [2.24, 2.45) is 0 Å². The molecule has 2 rings (SSSR count). The van der Waals surface area contributed by atoms with E-state index in [9.17, 15) is 4.79 Å². The van der Waals surface area contributed by atoms with Crippen molar-refractivity contribution in [1.29, 1.82) is 0 Å². The summed E-state index contributed by atoms with van der Waals surface area (Å²) in [7, 11) is 1.44. The standard InChI is InChI=1S/C16H19NO2/c1-3-4-8-14(16(18)19-2)13-10-12-7-5-6-9-15(12)17-11-13/h5-7,9-11,14H,3-4,8H2,1-2H3. The summed E-state index contributed by atoms with van der Waals surface area (Å²) >= 11 is 0. The Bertz CT molecular complexity index is 565. The van der Waals surface area contributed by atoms with Crippen LogP contribution in [0.25, 0.3) is 10.9 Å². The van der Waals surface area contributed by atoms with Gasteiger partial charge in [-0.2, -0.15) is 0 Å². The third-order valence-electron chi connectivity index (χ3n) is 3.35. The molecule has 0 radical (unpaired) electrons. The number of rotatable bonds is 5. The smallest absolute Gasteiger partial charge is 0.313 e. The molecule has 1 atom stereocenters. The van der Waals surface area contributed by atoms with E-state index >= 15 is 0 Å². The number of esters is 1. The molecule has 0 saturated carbocycles. The highest BCUT2D eigenvalue weighted by Gasteiger charge is 2.21. The van der Waals surface area contributed by atoms with Gasteiger partial charge in [0.15, 0.2) is 0 Å². The number of ether oxygens (including phenoxy) is 1. The largest absolute Gasteiger partial charge is 0.469 e. The van der Waals surface area contributed by atoms with Gasteiger partial charge in [0.1, 0.15) is 0 Å². The molecular weight excluding hydrogens is 238 g/mol. The summed E-state index contributed by atoms with van der Waals surface area (Å²) in [6.07, 6.45) is 4.67. The topological polar surface area (TPSA) is 39.2 Å². The number of aromatic nitrogens is 1. The summed E-state index contributed by atoms with van der Waals surface area (Å²) in [5.74, 6) is -0.382. The van der Waals surface area contributed by atoms with Crippen molar-refractivity contribution in [1.82, 2.24) is 4.98 Å². The van der Waals surface area contributed by atoms with Crippen molar-refractivity contribution in [3.63, 3.8) is 0 Å². The van der Waals surface area contributed by atoms with Gasteiger partial charge in [0, 0.05) is 11.6 Å². The minimum Gasteiger partial charge on any atom is -0.469 e. The van der Waals surface area contributed by atoms with Gasteiger partial charge in [-0.05, 0) is 24.1 Å². The first-order chi connectivity index (χ1) is 9.26. The zero-order valence-electron chi connectivity index (χ0n) is 11.4. The van der Waals surface area contributed by atoms with Crippen molar-refractivity contribution in [3.8, 4) is 0 Å². The lowest BCUT2D eigenvalue weighted by Gasteiger charge is -2.14. The molecule has 1 aromatic heterocycles. The molecule has 1 unspecified atom stereocenters. The quantitative estimate of drug-likeness (QED) is 0.767. The predicted octanol–water partition coefficient (Wildman–Crippen LogP) is 3.68. The Balaban J connectivity index is 2.34. The van der Waals surface area contributed by atoms with Crippen LogP contribution in [0.5, 0.6) is 0 Å². The molecule has 1 heterocycles. The molecule has 0 fully saturated rings. The average molecular weight is 257 g/mol. The summed E-state index contributed by atoms with van der Waals surface area (Å²) in [6, 6.07) is 9.97. The molecule has 3 nitrogen and oxygen atoms in total. The minimum absolute atomic E-state index is 0.175. The van der Waals surface area contributed by atoms with Crippen molar-refractivity contribution in [2.45, 2.75) is 32.1 Å². The average Bonchev–Trinajstić information content (AvgIpc) is 2.47. The van der Waals surface area contributed by atoms with Crippen molar-refractivity contribution < 1.29 is 9.53 Å². The second kappa shape index (κ2) is 6.32. The first-order valence-electron chi connectivity index (χ1n) is 6.68. The van der Waals surface area contributed by atoms with Crippen molar-refractivity contribution in [3.05, 3.63) is 42.1 Å². The number of methoxy groups -OCH3 is 1. The molecule has 0 aliphatic rings. The molecule has 1 aromatic carbocycles. The fraction of sp³-hybridized carbons (Fsp3) is 0.375. The van der Waals surface area contributed by atoms with E-state index < -0.39 is 0 Å². The van der Waals surface area contributed by atoms with Gasteiger partial charge in [-0.3, -0.25) is 9.78 Å². The van der Waals surface area contributed by atoms with Crippen LogP contribution in [0.3, 0.4) is 0 Å². The molecule has 0 amide bonds. The molecular formula is C16H19NO2. The number of nitrogens with zero attached hydrogens (tertiary/aromatic N) is 1. The van der Waals surface area contributed by atoms with E-state index in [1.807, 2.05) is 30.3 Å². The number of para-hydroxylation sites is 1. The van der Waals surface area contributed by atoms with Crippen LogP contribution >= 0.6 is 0 Å². The van der Waals surface area contributed by atoms with Gasteiger partial charge in [-0.25, -0.2) is 0 Å². The number of unbranched alkanes of at least 4 members (excludes halogenated alkanes) is 1. The maximum atomic E-state index is 11.9. The number of carbonyl (C=O) groups is 1. The Labute approximate surface area is 113 Å². The van der Waals surface area contributed by atoms with Crippen molar-refractivity contribution in [2.75, 3.05) is 7.11 Å². The summed E-state index contributed by atoms with van der Waals surface area (Å²) in [5.41, 5.74) is 1.89. The van der Waals surface area contributed by atoms with Crippen LogP contribution in [0.15, 0.2) is 36.5 Å². The van der Waals surface area contributed by atoms with Gasteiger partial charge in [0.05, 0.1) is 18.5 Å². The van der Waals surface area contributed by atoms with Crippen LogP contribution < -0.4 is 0 Å². The molecule has 0 spiro atoms. The Morgan fingerprint density at radius 3 is 2.89 bits per heavy atom. The third-order valence-corrected chi connectivity index (χ3v) is 3.35. The molecule has 19 heavy (non-hydrogen) atoms. The highest BCUT2D eigenvalue weighted by molar-refractivity contribution is 5.82. The number of hydrogen-bond donors (Lipinski definition) is 0. The molecule has 2 aromatic rings. The first kappa shape index (κ1) is 13.5. The maximum absolute atomic E-state index is 11.9. The van der Waals surface area contributed by atoms with Crippen LogP contribution in [-0.2, 0) is 9.53 Å². The second-order valence-electron chi connectivity index (χ2n) is 4.68. The summed E-state index contributed by atoms with van der Waals surface area (Å²) in [6.45, 7) is 2.12. The monoisotopic (exact) mass is 257 g/mol. The predicted molar refractivity (Wildman–Crippen MR) is 76.0 cm³/mol. The van der Waals surface area contributed by atoms with E-state index in [4.69, 9.17) is 4.74 Å². The molecule has 0 bridgehead atoms. The van der Waals surface area contributed by atoms with Crippen LogP contribution in [0, 0.1) is 0 Å². The SMILES string of the molecule is CCCCC(C(=O)OC)c1cnc2ccccc2c1. The summed E-state index contributed by atoms with van der Waals surface area (Å²) in [4.78, 5) is 16.3. The maximum Gasteiger partial charge on any atom is 0.313 e. The molecule has 3 heteroatoms. The van der Waals surface area contributed by atoms with E-state index in [0.717, 1.165) is 35.7 Å². The fourth-order valence-electron chi connectivity index (χ4n) is 2.25. The van der Waals surface area contributed by atoms with E-state index in [2.05, 4.69) is 11.9 Å². The molecule has 0 aliphatic heterocycles. The summed E-state index contributed by atoms with van der Waals surface area (Å²) < 4.78 is 4.91. The second-order valence-corrected chi connectivity index (χ2v) is 4.68. The zero-order chi connectivity index (χ0) is 13.7. The lowest BCUT2D eigenvalue weighted by atomic mass is 9.94. The lowest BCUT2D eigenvalue weighted by molar-refractivity contribution is -0.142. The normalized spacial score (nSPS) is 12.3. The van der Waals surface area contributed by atoms with Gasteiger partial charge < -0.3 is 4.74 Å². The number of carbonyl (C=O) groups excluding carboxylic acids is 1. The number of fused-ring (bicyclic) bond motifs is 1. The zero-order valence-corrected chi connectivity index (χ0v) is 11.4. The molecule has 100 valence electrons. The van der Waals surface area contributed by atoms with E-state index in [1.54, 1.807) is 6.20 Å². The van der Waals surface area contributed by atoms with Crippen LogP contribution in [0.1, 0.15) is 37.7 Å². The lowest BCUT2D eigenvalue weighted by Crippen LogP contribution is -2.14. The van der Waals surface area contributed by atoms with Crippen LogP contribution in [0.2, 0.25) is 0 Å². The minimum atomic E-state index is -0.206. The van der Waals surface area contributed by atoms with Gasteiger partial charge in [0.2, 0.25) is 0 Å². The van der Waals surface area contributed by atoms with Crippen LogP contribution in [-0.4, -0.2) is 18.1 Å². The summed E-state index contributed by atoms with van der Waals surface area (Å²) in [5, 5.41) is 1.06. The first-order valence-corrected chi connectivity index (χ1v) is 6.68. The number of pyridine rings is 1. The van der Waals surface area contributed by atoms with E-state index in [0.29, 0.717) is 0 Å². The Hall–Kier alpha value is -1.90. The Morgan fingerprint density at radius 2 is 2.16 bits per heavy atom. The molecule has 0 aliphatic carbocycles. The van der Waals surface area contributed by atoms with Gasteiger partial charge >= 0.3 is 5.97 Å². The van der Waals surface area contributed by atoms with E-state index in [-0.39, 0.29) is 11.9 Å². The Kier molecular flexibility index (Phi) is 4.50. The molecule has 0 N–H and O–H groups in total. The highest BCUT2D eigenvalue weighted by atomic mass is 16.5. The molecule has 0 saturated heterocycles. The van der Waals surface area contributed by atoms with Gasteiger partial charge in [-0.1, -0.05) is 38.0 Å². The van der Waals surface area contributed by atoms with Gasteiger partial charge in [0.25, 0.3) is 0 Å². The van der Waals surface area contributed by atoms with Gasteiger partial charge in [-0.15, -0.1) is 0 Å². The fourth-order valence-corrected chi connectivity index (χ4v) is 2.25. The number of hydrogen-bond acceptors (Lipinski definition) is 3. The highest BCUT2D eigenvalue weighted by Crippen LogP contribution is 2.25. The Morgan fingerprint density at radius 1 is 1.37 bits per heavy atom. The van der Waals surface area contributed by atoms with E-state index in [1.165, 1.54) is 7.11 Å². The third kappa shape index (κ3) is 3.11. The van der Waals surface area contributed by atoms with Crippen molar-refractivity contribution >= 4 is 16.9 Å². The van der Waals surface area contributed by atoms with Crippen LogP contribution in [0.4, 0.5) is 0 Å².